The van der Waals surface area contributed by atoms with Gasteiger partial charge < -0.3 is 19.4 Å². The molecule has 3 aromatic rings. The first-order valence-electron chi connectivity index (χ1n) is 11.4. The van der Waals surface area contributed by atoms with Crippen molar-refractivity contribution in [3.8, 4) is 11.5 Å². The Morgan fingerprint density at radius 1 is 1.19 bits per heavy atom. The van der Waals surface area contributed by atoms with E-state index in [9.17, 15) is 4.79 Å². The topological polar surface area (TPSA) is 103 Å². The van der Waals surface area contributed by atoms with E-state index in [1.807, 2.05) is 47.9 Å². The van der Waals surface area contributed by atoms with Crippen LogP contribution in [0.1, 0.15) is 30.8 Å². The second-order valence-corrected chi connectivity index (χ2v) is 9.33. The molecule has 0 saturated carbocycles. The number of hydrazone groups is 1. The number of amides is 1. The van der Waals surface area contributed by atoms with Crippen molar-refractivity contribution in [3.05, 3.63) is 72.1 Å². The number of nitrogens with one attached hydrogen (secondary N) is 2. The maximum atomic E-state index is 12.8. The van der Waals surface area contributed by atoms with Crippen molar-refractivity contribution in [2.45, 2.75) is 44.3 Å². The zero-order chi connectivity index (χ0) is 26.1. The first kappa shape index (κ1) is 26.8. The fourth-order valence-corrected chi connectivity index (χ4v) is 4.17. The number of hydrogen-bond donors (Lipinski definition) is 2. The molecule has 1 aromatic heterocycles. The Labute approximate surface area is 216 Å². The summed E-state index contributed by atoms with van der Waals surface area (Å²) in [4.78, 5) is 12.8. The summed E-state index contributed by atoms with van der Waals surface area (Å²) >= 11 is 1.31. The second kappa shape index (κ2) is 12.8. The van der Waals surface area contributed by atoms with Gasteiger partial charge in [-0.25, -0.2) is 5.43 Å². The summed E-state index contributed by atoms with van der Waals surface area (Å²) in [6.07, 6.45) is 1.78. The molecule has 36 heavy (non-hydrogen) atoms. The van der Waals surface area contributed by atoms with Crippen LogP contribution in [0.5, 0.6) is 11.5 Å². The maximum absolute atomic E-state index is 12.8. The van der Waals surface area contributed by atoms with Crippen LogP contribution in [0.15, 0.2) is 65.4 Å². The van der Waals surface area contributed by atoms with Crippen LogP contribution >= 0.6 is 11.8 Å². The number of hydrogen-bond acceptors (Lipinski definition) is 8. The molecule has 0 aliphatic carbocycles. The molecule has 1 heterocycles. The average molecular weight is 509 g/mol. The van der Waals surface area contributed by atoms with Crippen LogP contribution in [0.25, 0.3) is 0 Å². The first-order valence-corrected chi connectivity index (χ1v) is 12.3. The summed E-state index contributed by atoms with van der Waals surface area (Å²) in [5, 5.41) is 16.4. The number of aryl methyl sites for hydroxylation is 1. The first-order chi connectivity index (χ1) is 17.4. The number of anilines is 1. The third-order valence-electron chi connectivity index (χ3n) is 5.39. The largest absolute Gasteiger partial charge is 0.497 e. The molecule has 10 heteroatoms. The van der Waals surface area contributed by atoms with E-state index in [0.717, 1.165) is 17.1 Å². The second-order valence-electron chi connectivity index (χ2n) is 8.02. The van der Waals surface area contributed by atoms with E-state index in [-0.39, 0.29) is 5.91 Å². The van der Waals surface area contributed by atoms with Gasteiger partial charge in [-0.3, -0.25) is 4.79 Å². The maximum Gasteiger partial charge on any atom is 0.253 e. The monoisotopic (exact) mass is 508 g/mol. The Morgan fingerprint density at radius 2 is 1.94 bits per heavy atom. The number of ether oxygens (including phenoxy) is 2. The summed E-state index contributed by atoms with van der Waals surface area (Å²) in [6.45, 7) is 10.5. The van der Waals surface area contributed by atoms with Gasteiger partial charge in [-0.15, -0.1) is 16.8 Å². The van der Waals surface area contributed by atoms with Crippen LogP contribution in [-0.4, -0.2) is 45.9 Å². The van der Waals surface area contributed by atoms with E-state index in [1.165, 1.54) is 17.3 Å². The molecular weight excluding hydrogens is 476 g/mol. The molecule has 0 fully saturated rings. The van der Waals surface area contributed by atoms with E-state index in [4.69, 9.17) is 9.47 Å². The van der Waals surface area contributed by atoms with E-state index in [0.29, 0.717) is 35.5 Å². The van der Waals surface area contributed by atoms with Crippen molar-refractivity contribution in [2.24, 2.45) is 5.10 Å². The lowest BCUT2D eigenvalue weighted by Crippen LogP contribution is -2.28. The number of thioether (sulfide) groups is 1. The van der Waals surface area contributed by atoms with Crippen LogP contribution in [-0.2, 0) is 17.9 Å². The van der Waals surface area contributed by atoms with Gasteiger partial charge in [-0.05, 0) is 45.0 Å². The minimum atomic E-state index is -0.454. The molecule has 3 rings (SSSR count). The number of allylic oxidation sites excluding steroid dienone is 1. The van der Waals surface area contributed by atoms with Crippen LogP contribution in [0, 0.1) is 6.92 Å². The fourth-order valence-electron chi connectivity index (χ4n) is 3.30. The molecule has 0 bridgehead atoms. The molecule has 9 nitrogen and oxygen atoms in total. The Hall–Kier alpha value is -3.79. The quantitative estimate of drug-likeness (QED) is 0.162. The van der Waals surface area contributed by atoms with Crippen molar-refractivity contribution < 1.29 is 14.3 Å². The molecule has 0 radical (unpaired) electrons. The van der Waals surface area contributed by atoms with Gasteiger partial charge in [0.25, 0.3) is 5.91 Å². The van der Waals surface area contributed by atoms with Crippen molar-refractivity contribution in [1.29, 1.82) is 0 Å². The zero-order valence-electron chi connectivity index (χ0n) is 21.2. The Morgan fingerprint density at radius 3 is 2.61 bits per heavy atom. The highest BCUT2D eigenvalue weighted by atomic mass is 32.2. The van der Waals surface area contributed by atoms with Gasteiger partial charge in [-0.1, -0.05) is 35.5 Å². The normalized spacial score (nSPS) is 12.1. The highest BCUT2D eigenvalue weighted by molar-refractivity contribution is 8.00. The van der Waals surface area contributed by atoms with E-state index >= 15 is 0 Å². The molecule has 0 saturated heterocycles. The molecule has 190 valence electrons. The van der Waals surface area contributed by atoms with Gasteiger partial charge in [0.05, 0.1) is 31.7 Å². The molecular formula is C26H32N6O3S. The minimum Gasteiger partial charge on any atom is -0.497 e. The fraction of sp³-hybridized carbons (Fsp3) is 0.308. The van der Waals surface area contributed by atoms with E-state index in [1.54, 1.807) is 40.2 Å². The number of rotatable bonds is 12. The number of methoxy groups -OCH3 is 2. The Bertz CT molecular complexity index is 1220. The Kier molecular flexibility index (Phi) is 9.52. The summed E-state index contributed by atoms with van der Waals surface area (Å²) in [5.74, 6) is 1.79. The van der Waals surface area contributed by atoms with E-state index < -0.39 is 5.25 Å². The smallest absolute Gasteiger partial charge is 0.253 e. The number of benzene rings is 2. The van der Waals surface area contributed by atoms with Crippen molar-refractivity contribution >= 4 is 29.1 Å². The molecule has 0 aliphatic rings. The van der Waals surface area contributed by atoms with Crippen LogP contribution in [0.2, 0.25) is 0 Å². The molecule has 0 aliphatic heterocycles. The standard InChI is InChI=1S/C26H32N6O3S/c1-7-14-32-24(16-27-20-10-8-17(2)9-11-20)29-31-26(32)36-19(4)25(33)30-28-18(3)22-13-12-21(34-5)15-23(22)35-6/h7-13,15,19,27H,1,14,16H2,2-6H3,(H,30,33)/b28-18+/t19-/m1/s1. The third-order valence-corrected chi connectivity index (χ3v) is 6.47. The van der Waals surface area contributed by atoms with Crippen molar-refractivity contribution in [3.63, 3.8) is 0 Å². The molecule has 2 N–H and O–H groups in total. The molecule has 2 aromatic carbocycles. The SMILES string of the molecule is C=CCn1c(CNc2ccc(C)cc2)nnc1S[C@H](C)C(=O)N/N=C(\C)c1ccc(OC)cc1OC. The molecule has 1 atom stereocenters. The summed E-state index contributed by atoms with van der Waals surface area (Å²) < 4.78 is 12.6. The number of aromatic nitrogens is 3. The van der Waals surface area contributed by atoms with Gasteiger partial charge >= 0.3 is 0 Å². The van der Waals surface area contributed by atoms with Crippen LogP contribution in [0.4, 0.5) is 5.69 Å². The molecule has 1 amide bonds. The van der Waals surface area contributed by atoms with Gasteiger partial charge in [0.1, 0.15) is 11.5 Å². The average Bonchev–Trinajstić information content (AvgIpc) is 3.27. The van der Waals surface area contributed by atoms with Gasteiger partial charge in [0.2, 0.25) is 0 Å². The van der Waals surface area contributed by atoms with Crippen molar-refractivity contribution in [2.75, 3.05) is 19.5 Å². The third kappa shape index (κ3) is 6.88. The van der Waals surface area contributed by atoms with Crippen LogP contribution in [0.3, 0.4) is 0 Å². The lowest BCUT2D eigenvalue weighted by atomic mass is 10.1. The minimum absolute atomic E-state index is 0.251. The Balaban J connectivity index is 1.65. The number of nitrogens with zero attached hydrogens (tertiary/aromatic N) is 4. The predicted molar refractivity (Wildman–Crippen MR) is 144 cm³/mol. The predicted octanol–water partition coefficient (Wildman–Crippen LogP) is 4.42. The summed E-state index contributed by atoms with van der Waals surface area (Å²) in [6, 6.07) is 13.6. The number of carbonyl (C=O) groups excluding carboxylic acids is 1. The molecule has 0 spiro atoms. The van der Waals surface area contributed by atoms with Crippen LogP contribution < -0.4 is 20.2 Å². The van der Waals surface area contributed by atoms with Gasteiger partial charge in [-0.2, -0.15) is 5.10 Å². The number of carbonyl (C=O) groups is 1. The van der Waals surface area contributed by atoms with Gasteiger partial charge in [0, 0.05) is 23.9 Å². The van der Waals surface area contributed by atoms with E-state index in [2.05, 4.69) is 32.6 Å². The van der Waals surface area contributed by atoms with Gasteiger partial charge in [0.15, 0.2) is 11.0 Å². The highest BCUT2D eigenvalue weighted by Gasteiger charge is 2.20. The lowest BCUT2D eigenvalue weighted by molar-refractivity contribution is -0.120. The zero-order valence-corrected chi connectivity index (χ0v) is 22.1. The summed E-state index contributed by atoms with van der Waals surface area (Å²) in [5.41, 5.74) is 6.21. The highest BCUT2D eigenvalue weighted by Crippen LogP contribution is 2.26. The lowest BCUT2D eigenvalue weighted by Gasteiger charge is -2.13. The molecule has 0 unspecified atom stereocenters. The summed E-state index contributed by atoms with van der Waals surface area (Å²) in [7, 11) is 3.17. The van der Waals surface area contributed by atoms with Crippen molar-refractivity contribution in [1.82, 2.24) is 20.2 Å².